The lowest BCUT2D eigenvalue weighted by Crippen LogP contribution is -2.17. The molecule has 0 fully saturated rings. The first-order valence-electron chi connectivity index (χ1n) is 6.56. The van der Waals surface area contributed by atoms with E-state index in [9.17, 15) is 13.2 Å². The molecule has 2 rings (SSSR count). The van der Waals surface area contributed by atoms with Gasteiger partial charge in [0.05, 0.1) is 13.2 Å². The summed E-state index contributed by atoms with van der Waals surface area (Å²) in [4.78, 5) is 0. The van der Waals surface area contributed by atoms with Gasteiger partial charge in [0.25, 0.3) is 0 Å². The fraction of sp³-hybridized carbons (Fsp3) is 0.250. The lowest BCUT2D eigenvalue weighted by Gasteiger charge is -2.15. The van der Waals surface area contributed by atoms with Crippen LogP contribution in [0.5, 0.6) is 11.5 Å². The van der Waals surface area contributed by atoms with Crippen LogP contribution in [0.15, 0.2) is 42.5 Å². The van der Waals surface area contributed by atoms with Crippen molar-refractivity contribution in [1.29, 1.82) is 0 Å². The molecule has 1 atom stereocenters. The van der Waals surface area contributed by atoms with Crippen molar-refractivity contribution in [1.82, 2.24) is 0 Å². The summed E-state index contributed by atoms with van der Waals surface area (Å²) >= 11 is 0. The van der Waals surface area contributed by atoms with Gasteiger partial charge in [-0.15, -0.1) is 13.2 Å². The zero-order valence-electron chi connectivity index (χ0n) is 12.1. The summed E-state index contributed by atoms with van der Waals surface area (Å²) in [6.45, 7) is 1.90. The van der Waals surface area contributed by atoms with Crippen LogP contribution in [0.3, 0.4) is 0 Å². The van der Waals surface area contributed by atoms with Crippen LogP contribution in [0, 0.1) is 6.92 Å². The molecule has 0 spiro atoms. The van der Waals surface area contributed by atoms with Gasteiger partial charge in [-0.2, -0.15) is 0 Å². The number of aryl methyl sites for hydroxylation is 1. The van der Waals surface area contributed by atoms with E-state index < -0.39 is 12.4 Å². The normalized spacial score (nSPS) is 12.8. The maximum absolute atomic E-state index is 12.1. The predicted molar refractivity (Wildman–Crippen MR) is 76.9 cm³/mol. The van der Waals surface area contributed by atoms with Gasteiger partial charge >= 0.3 is 6.36 Å². The Bertz CT molecular complexity index is 639. The molecule has 118 valence electrons. The number of benzene rings is 2. The summed E-state index contributed by atoms with van der Waals surface area (Å²) in [6, 6.07) is 10.6. The fourth-order valence-electron chi connectivity index (χ4n) is 2.16. The Hall–Kier alpha value is -2.21. The number of nitrogens with two attached hydrogens (primary N) is 1. The highest BCUT2D eigenvalue weighted by Gasteiger charge is 2.31. The van der Waals surface area contributed by atoms with Crippen molar-refractivity contribution in [2.45, 2.75) is 19.3 Å². The Kier molecular flexibility index (Phi) is 4.61. The lowest BCUT2D eigenvalue weighted by molar-refractivity contribution is -0.274. The van der Waals surface area contributed by atoms with Crippen LogP contribution in [-0.2, 0) is 0 Å². The van der Waals surface area contributed by atoms with E-state index in [0.29, 0.717) is 5.56 Å². The average Bonchev–Trinajstić information content (AvgIpc) is 2.45. The zero-order valence-corrected chi connectivity index (χ0v) is 12.1. The molecule has 6 heteroatoms. The number of alkyl halides is 3. The fourth-order valence-corrected chi connectivity index (χ4v) is 2.16. The van der Waals surface area contributed by atoms with E-state index in [2.05, 4.69) is 4.74 Å². The van der Waals surface area contributed by atoms with Crippen LogP contribution in [0.2, 0.25) is 0 Å². The van der Waals surface area contributed by atoms with Gasteiger partial charge in [-0.3, -0.25) is 0 Å². The molecule has 22 heavy (non-hydrogen) atoms. The molecule has 2 aromatic rings. The van der Waals surface area contributed by atoms with Crippen molar-refractivity contribution < 1.29 is 22.6 Å². The van der Waals surface area contributed by atoms with Crippen molar-refractivity contribution in [3.8, 4) is 11.5 Å². The molecular formula is C16H16F3NO2. The number of hydrogen-bond acceptors (Lipinski definition) is 3. The van der Waals surface area contributed by atoms with Gasteiger partial charge in [0.15, 0.2) is 0 Å². The highest BCUT2D eigenvalue weighted by atomic mass is 19.4. The second-order valence-corrected chi connectivity index (χ2v) is 4.82. The number of ether oxygens (including phenoxy) is 2. The lowest BCUT2D eigenvalue weighted by atomic mass is 9.98. The summed E-state index contributed by atoms with van der Waals surface area (Å²) < 4.78 is 45.4. The zero-order chi connectivity index (χ0) is 16.3. The highest BCUT2D eigenvalue weighted by molar-refractivity contribution is 5.41. The maximum atomic E-state index is 12.1. The standard InChI is InChI=1S/C16H16F3NO2/c1-10-9-12(5-8-14(10)21-2)15(20)11-3-6-13(7-4-11)22-16(17,18)19/h3-9,15H,20H2,1-2H3/t15-/m1/s1. The molecule has 0 aliphatic rings. The van der Waals surface area contributed by atoms with E-state index in [0.717, 1.165) is 16.9 Å². The van der Waals surface area contributed by atoms with Gasteiger partial charge in [-0.25, -0.2) is 0 Å². The number of rotatable bonds is 4. The Morgan fingerprint density at radius 2 is 1.59 bits per heavy atom. The Morgan fingerprint density at radius 3 is 2.09 bits per heavy atom. The SMILES string of the molecule is COc1ccc([C@H](N)c2ccc(OC(F)(F)F)cc2)cc1C. The van der Waals surface area contributed by atoms with Gasteiger partial charge < -0.3 is 15.2 Å². The van der Waals surface area contributed by atoms with Gasteiger partial charge in [-0.1, -0.05) is 24.3 Å². The number of halogens is 3. The van der Waals surface area contributed by atoms with Crippen molar-refractivity contribution in [3.05, 3.63) is 59.2 Å². The third kappa shape index (κ3) is 3.92. The van der Waals surface area contributed by atoms with Crippen molar-refractivity contribution in [3.63, 3.8) is 0 Å². The largest absolute Gasteiger partial charge is 0.573 e. The third-order valence-electron chi connectivity index (χ3n) is 3.25. The van der Waals surface area contributed by atoms with Gasteiger partial charge in [-0.05, 0) is 41.8 Å². The summed E-state index contributed by atoms with van der Waals surface area (Å²) in [5, 5.41) is 0. The first-order valence-corrected chi connectivity index (χ1v) is 6.56. The molecule has 0 saturated heterocycles. The molecule has 2 N–H and O–H groups in total. The maximum Gasteiger partial charge on any atom is 0.573 e. The van der Waals surface area contributed by atoms with E-state index in [1.54, 1.807) is 7.11 Å². The molecule has 3 nitrogen and oxygen atoms in total. The molecule has 0 heterocycles. The molecule has 0 bridgehead atoms. The van der Waals surface area contributed by atoms with E-state index in [1.165, 1.54) is 24.3 Å². The first-order chi connectivity index (χ1) is 10.3. The van der Waals surface area contributed by atoms with Gasteiger partial charge in [0.1, 0.15) is 11.5 Å². The van der Waals surface area contributed by atoms with Crippen LogP contribution in [0.1, 0.15) is 22.7 Å². The second-order valence-electron chi connectivity index (χ2n) is 4.82. The summed E-state index contributed by atoms with van der Waals surface area (Å²) in [5.41, 5.74) is 8.63. The van der Waals surface area contributed by atoms with E-state index in [-0.39, 0.29) is 5.75 Å². The second kappa shape index (κ2) is 6.27. The quantitative estimate of drug-likeness (QED) is 0.930. The summed E-state index contributed by atoms with van der Waals surface area (Å²) in [5.74, 6) is 0.485. The van der Waals surface area contributed by atoms with Gasteiger partial charge in [0, 0.05) is 0 Å². The molecule has 0 aliphatic heterocycles. The molecule has 0 radical (unpaired) electrons. The molecule has 0 amide bonds. The van der Waals surface area contributed by atoms with Crippen LogP contribution >= 0.6 is 0 Å². The van der Waals surface area contributed by atoms with Crippen LogP contribution in [0.25, 0.3) is 0 Å². The summed E-state index contributed by atoms with van der Waals surface area (Å²) in [7, 11) is 1.58. The molecular weight excluding hydrogens is 295 g/mol. The average molecular weight is 311 g/mol. The highest BCUT2D eigenvalue weighted by Crippen LogP contribution is 2.28. The third-order valence-corrected chi connectivity index (χ3v) is 3.25. The minimum absolute atomic E-state index is 0.269. The smallest absolute Gasteiger partial charge is 0.496 e. The topological polar surface area (TPSA) is 44.5 Å². The molecule has 0 aliphatic carbocycles. The van der Waals surface area contributed by atoms with Crippen LogP contribution in [0.4, 0.5) is 13.2 Å². The van der Waals surface area contributed by atoms with Crippen molar-refractivity contribution >= 4 is 0 Å². The van der Waals surface area contributed by atoms with E-state index in [1.807, 2.05) is 25.1 Å². The van der Waals surface area contributed by atoms with Crippen LogP contribution < -0.4 is 15.2 Å². The van der Waals surface area contributed by atoms with Gasteiger partial charge in [0.2, 0.25) is 0 Å². The molecule has 2 aromatic carbocycles. The molecule has 0 unspecified atom stereocenters. The molecule has 0 saturated carbocycles. The first kappa shape index (κ1) is 16.2. The predicted octanol–water partition coefficient (Wildman–Crippen LogP) is 3.95. The van der Waals surface area contributed by atoms with Crippen molar-refractivity contribution in [2.24, 2.45) is 5.73 Å². The number of methoxy groups -OCH3 is 1. The Morgan fingerprint density at radius 1 is 1.00 bits per heavy atom. The number of hydrogen-bond donors (Lipinski definition) is 1. The van der Waals surface area contributed by atoms with E-state index in [4.69, 9.17) is 10.5 Å². The Labute approximate surface area is 126 Å². The van der Waals surface area contributed by atoms with Crippen molar-refractivity contribution in [2.75, 3.05) is 7.11 Å². The minimum atomic E-state index is -4.70. The van der Waals surface area contributed by atoms with E-state index >= 15 is 0 Å². The minimum Gasteiger partial charge on any atom is -0.496 e. The summed E-state index contributed by atoms with van der Waals surface area (Å²) in [6.07, 6.45) is -4.70. The monoisotopic (exact) mass is 311 g/mol. The molecule has 0 aromatic heterocycles. The van der Waals surface area contributed by atoms with Crippen LogP contribution in [-0.4, -0.2) is 13.5 Å². The Balaban J connectivity index is 2.19.